The maximum Gasteiger partial charge on any atom is 0.335 e. The number of benzene rings is 1. The van der Waals surface area contributed by atoms with Crippen molar-refractivity contribution >= 4 is 22.7 Å². The van der Waals surface area contributed by atoms with Gasteiger partial charge >= 0.3 is 5.97 Å². The van der Waals surface area contributed by atoms with Crippen LogP contribution in [0.3, 0.4) is 0 Å². The third kappa shape index (κ3) is 2.87. The van der Waals surface area contributed by atoms with Crippen molar-refractivity contribution in [3.05, 3.63) is 30.1 Å². The lowest BCUT2D eigenvalue weighted by Crippen LogP contribution is -2.25. The molecule has 0 saturated heterocycles. The van der Waals surface area contributed by atoms with Crippen LogP contribution in [0.2, 0.25) is 0 Å². The molecule has 5 heteroatoms. The van der Waals surface area contributed by atoms with Gasteiger partial charge in [0.15, 0.2) is 0 Å². The van der Waals surface area contributed by atoms with Crippen molar-refractivity contribution < 1.29 is 9.90 Å². The van der Waals surface area contributed by atoms with Gasteiger partial charge in [-0.15, -0.1) is 0 Å². The zero-order valence-electron chi connectivity index (χ0n) is 11.8. The molecule has 0 unspecified atom stereocenters. The molecule has 0 saturated carbocycles. The summed E-state index contributed by atoms with van der Waals surface area (Å²) in [5, 5.41) is 9.93. The second-order valence-electron chi connectivity index (χ2n) is 4.67. The lowest BCUT2D eigenvalue weighted by atomic mass is 10.1. The third-order valence-corrected chi connectivity index (χ3v) is 3.33. The minimum absolute atomic E-state index is 0.249. The van der Waals surface area contributed by atoms with Crippen LogP contribution < -0.4 is 4.90 Å². The van der Waals surface area contributed by atoms with Gasteiger partial charge < -0.3 is 10.0 Å². The SMILES string of the molecule is CCCCN(CC)c1ncnc2cc(C(=O)O)ccc12. The van der Waals surface area contributed by atoms with Gasteiger partial charge in [-0.25, -0.2) is 14.8 Å². The molecule has 20 heavy (non-hydrogen) atoms. The van der Waals surface area contributed by atoms with E-state index in [0.29, 0.717) is 5.52 Å². The Morgan fingerprint density at radius 3 is 2.75 bits per heavy atom. The Morgan fingerprint density at radius 2 is 2.10 bits per heavy atom. The summed E-state index contributed by atoms with van der Waals surface area (Å²) < 4.78 is 0. The van der Waals surface area contributed by atoms with Crippen LogP contribution in [-0.2, 0) is 0 Å². The molecule has 2 rings (SSSR count). The summed E-state index contributed by atoms with van der Waals surface area (Å²) in [7, 11) is 0. The highest BCUT2D eigenvalue weighted by molar-refractivity contribution is 5.96. The van der Waals surface area contributed by atoms with Gasteiger partial charge in [0.05, 0.1) is 11.1 Å². The Morgan fingerprint density at radius 1 is 1.30 bits per heavy atom. The number of carboxylic acids is 1. The molecule has 5 nitrogen and oxygen atoms in total. The van der Waals surface area contributed by atoms with Crippen LogP contribution in [0.5, 0.6) is 0 Å². The number of carboxylic acid groups (broad SMARTS) is 1. The molecule has 1 aromatic heterocycles. The molecular weight excluding hydrogens is 254 g/mol. The van der Waals surface area contributed by atoms with E-state index in [1.54, 1.807) is 18.2 Å². The van der Waals surface area contributed by atoms with E-state index < -0.39 is 5.97 Å². The van der Waals surface area contributed by atoms with Gasteiger partial charge in [0, 0.05) is 18.5 Å². The molecular formula is C15H19N3O2. The topological polar surface area (TPSA) is 66.3 Å². The van der Waals surface area contributed by atoms with Gasteiger partial charge in [0.2, 0.25) is 0 Å². The van der Waals surface area contributed by atoms with E-state index in [1.807, 2.05) is 0 Å². The Bertz CT molecular complexity index is 613. The Labute approximate surface area is 118 Å². The minimum atomic E-state index is -0.939. The maximum atomic E-state index is 11.0. The summed E-state index contributed by atoms with van der Waals surface area (Å²) in [4.78, 5) is 21.8. The number of hydrogen-bond acceptors (Lipinski definition) is 4. The highest BCUT2D eigenvalue weighted by Gasteiger charge is 2.12. The normalized spacial score (nSPS) is 10.7. The zero-order valence-corrected chi connectivity index (χ0v) is 11.8. The first kappa shape index (κ1) is 14.2. The third-order valence-electron chi connectivity index (χ3n) is 3.33. The molecule has 0 aliphatic rings. The minimum Gasteiger partial charge on any atom is -0.478 e. The van der Waals surface area contributed by atoms with E-state index in [1.165, 1.54) is 6.33 Å². The van der Waals surface area contributed by atoms with E-state index in [2.05, 4.69) is 28.7 Å². The first-order valence-corrected chi connectivity index (χ1v) is 6.90. The highest BCUT2D eigenvalue weighted by Crippen LogP contribution is 2.24. The van der Waals surface area contributed by atoms with Gasteiger partial charge in [-0.2, -0.15) is 0 Å². The second-order valence-corrected chi connectivity index (χ2v) is 4.67. The Balaban J connectivity index is 2.45. The summed E-state index contributed by atoms with van der Waals surface area (Å²) in [5.41, 5.74) is 0.920. The first-order chi connectivity index (χ1) is 9.67. The highest BCUT2D eigenvalue weighted by atomic mass is 16.4. The maximum absolute atomic E-state index is 11.0. The first-order valence-electron chi connectivity index (χ1n) is 6.90. The van der Waals surface area contributed by atoms with E-state index >= 15 is 0 Å². The number of carbonyl (C=O) groups is 1. The van der Waals surface area contributed by atoms with Crippen LogP contribution in [-0.4, -0.2) is 34.1 Å². The van der Waals surface area contributed by atoms with E-state index in [9.17, 15) is 4.79 Å². The summed E-state index contributed by atoms with van der Waals surface area (Å²) in [6.07, 6.45) is 3.73. The van der Waals surface area contributed by atoms with Gasteiger partial charge in [-0.3, -0.25) is 0 Å². The summed E-state index contributed by atoms with van der Waals surface area (Å²) in [6.45, 7) is 6.06. The fraction of sp³-hybridized carbons (Fsp3) is 0.400. The number of aromatic nitrogens is 2. The number of rotatable bonds is 6. The summed E-state index contributed by atoms with van der Waals surface area (Å²) >= 11 is 0. The van der Waals surface area contributed by atoms with Crippen molar-refractivity contribution in [2.45, 2.75) is 26.7 Å². The van der Waals surface area contributed by atoms with Gasteiger partial charge in [-0.05, 0) is 31.5 Å². The molecule has 2 aromatic rings. The number of unbranched alkanes of at least 4 members (excludes halogenated alkanes) is 1. The van der Waals surface area contributed by atoms with Gasteiger partial charge in [0.1, 0.15) is 12.1 Å². The van der Waals surface area contributed by atoms with E-state index in [-0.39, 0.29) is 5.56 Å². The lowest BCUT2D eigenvalue weighted by Gasteiger charge is -2.22. The number of fused-ring (bicyclic) bond motifs is 1. The molecule has 1 aromatic carbocycles. The van der Waals surface area contributed by atoms with Crippen molar-refractivity contribution in [3.8, 4) is 0 Å². The number of aromatic carboxylic acids is 1. The predicted molar refractivity (Wildman–Crippen MR) is 79.3 cm³/mol. The standard InChI is InChI=1S/C15H19N3O2/c1-3-5-8-18(4-2)14-12-7-6-11(15(19)20)9-13(12)16-10-17-14/h6-7,9-10H,3-5,8H2,1-2H3,(H,19,20). The fourth-order valence-electron chi connectivity index (χ4n) is 2.19. The molecule has 0 spiro atoms. The second kappa shape index (κ2) is 6.32. The predicted octanol–water partition coefficient (Wildman–Crippen LogP) is 2.95. The van der Waals surface area contributed by atoms with Crippen molar-refractivity contribution in [1.29, 1.82) is 0 Å². The molecule has 106 valence electrons. The van der Waals surface area contributed by atoms with Crippen LogP contribution in [0.15, 0.2) is 24.5 Å². The zero-order chi connectivity index (χ0) is 14.5. The van der Waals surface area contributed by atoms with Gasteiger partial charge in [-0.1, -0.05) is 13.3 Å². The lowest BCUT2D eigenvalue weighted by molar-refractivity contribution is 0.0697. The van der Waals surface area contributed by atoms with E-state index in [0.717, 1.165) is 37.1 Å². The number of hydrogen-bond donors (Lipinski definition) is 1. The van der Waals surface area contributed by atoms with Crippen molar-refractivity contribution in [3.63, 3.8) is 0 Å². The van der Waals surface area contributed by atoms with Crippen LogP contribution in [0, 0.1) is 0 Å². The molecule has 0 atom stereocenters. The van der Waals surface area contributed by atoms with Crippen LogP contribution in [0.25, 0.3) is 10.9 Å². The van der Waals surface area contributed by atoms with Crippen LogP contribution in [0.1, 0.15) is 37.0 Å². The molecule has 0 bridgehead atoms. The van der Waals surface area contributed by atoms with Crippen molar-refractivity contribution in [2.24, 2.45) is 0 Å². The fourth-order valence-corrected chi connectivity index (χ4v) is 2.19. The quantitative estimate of drug-likeness (QED) is 0.876. The molecule has 1 N–H and O–H groups in total. The molecule has 0 amide bonds. The smallest absolute Gasteiger partial charge is 0.335 e. The number of anilines is 1. The monoisotopic (exact) mass is 273 g/mol. The Kier molecular flexibility index (Phi) is 4.50. The Hall–Kier alpha value is -2.17. The molecule has 0 aliphatic heterocycles. The molecule has 1 heterocycles. The average Bonchev–Trinajstić information content (AvgIpc) is 2.47. The van der Waals surface area contributed by atoms with E-state index in [4.69, 9.17) is 5.11 Å². The number of nitrogens with zero attached hydrogens (tertiary/aromatic N) is 3. The molecule has 0 fully saturated rings. The summed E-state index contributed by atoms with van der Waals surface area (Å²) in [6, 6.07) is 4.99. The molecule has 0 aliphatic carbocycles. The van der Waals surface area contributed by atoms with Crippen molar-refractivity contribution in [2.75, 3.05) is 18.0 Å². The molecule has 0 radical (unpaired) electrons. The van der Waals surface area contributed by atoms with Gasteiger partial charge in [0.25, 0.3) is 0 Å². The summed E-state index contributed by atoms with van der Waals surface area (Å²) in [5.74, 6) is -0.0618. The van der Waals surface area contributed by atoms with Crippen LogP contribution >= 0.6 is 0 Å². The van der Waals surface area contributed by atoms with Crippen molar-refractivity contribution in [1.82, 2.24) is 9.97 Å². The largest absolute Gasteiger partial charge is 0.478 e. The van der Waals surface area contributed by atoms with Crippen LogP contribution in [0.4, 0.5) is 5.82 Å². The average molecular weight is 273 g/mol.